The van der Waals surface area contributed by atoms with Gasteiger partial charge < -0.3 is 19.4 Å². The van der Waals surface area contributed by atoms with Crippen molar-refractivity contribution in [3.63, 3.8) is 0 Å². The molecule has 114 valence electrons. The van der Waals surface area contributed by atoms with E-state index in [2.05, 4.69) is 32.0 Å². The lowest BCUT2D eigenvalue weighted by molar-refractivity contribution is -0.133. The number of ether oxygens (including phenoxy) is 2. The molecule has 3 rings (SSSR count). The second-order valence-electron chi connectivity index (χ2n) is 5.42. The summed E-state index contributed by atoms with van der Waals surface area (Å²) in [6, 6.07) is 0.439. The minimum atomic E-state index is -0.330. The summed E-state index contributed by atoms with van der Waals surface area (Å²) in [5.74, 6) is -0.330. The summed E-state index contributed by atoms with van der Waals surface area (Å²) < 4.78 is 13.6. The Morgan fingerprint density at radius 1 is 1.38 bits per heavy atom. The maximum absolute atomic E-state index is 12.1. The van der Waals surface area contributed by atoms with Gasteiger partial charge in [-0.3, -0.25) is 0 Å². The van der Waals surface area contributed by atoms with E-state index < -0.39 is 0 Å². The van der Waals surface area contributed by atoms with Crippen LogP contribution in [0.25, 0.3) is 5.57 Å². The molecule has 0 spiro atoms. The van der Waals surface area contributed by atoms with Crippen LogP contribution in [0.15, 0.2) is 16.9 Å². The van der Waals surface area contributed by atoms with Crippen molar-refractivity contribution in [1.29, 1.82) is 0 Å². The molecule has 0 bridgehead atoms. The molecule has 1 aromatic heterocycles. The van der Waals surface area contributed by atoms with E-state index in [-0.39, 0.29) is 12.2 Å². The number of halogens is 1. The standard InChI is InChI=1S/C15H19BrN2O3/c1-20-14-12-11(16)8-18(9-5-3-4-6-9)13(12)10(7-17-14)15(19)21-2/h7-9,14,17H,3-6H2,1-2H3. The molecule has 1 aliphatic heterocycles. The van der Waals surface area contributed by atoms with Crippen molar-refractivity contribution in [3.8, 4) is 0 Å². The number of nitrogens with one attached hydrogen (secondary N) is 1. The second-order valence-corrected chi connectivity index (χ2v) is 6.27. The van der Waals surface area contributed by atoms with E-state index >= 15 is 0 Å². The van der Waals surface area contributed by atoms with Gasteiger partial charge in [0.1, 0.15) is 0 Å². The number of nitrogens with zero attached hydrogens (tertiary/aromatic N) is 1. The van der Waals surface area contributed by atoms with Gasteiger partial charge in [0.15, 0.2) is 6.23 Å². The summed E-state index contributed by atoms with van der Waals surface area (Å²) in [5.41, 5.74) is 2.43. The van der Waals surface area contributed by atoms with E-state index in [4.69, 9.17) is 9.47 Å². The quantitative estimate of drug-likeness (QED) is 0.847. The lowest BCUT2D eigenvalue weighted by Crippen LogP contribution is -2.27. The molecule has 2 aliphatic rings. The molecule has 1 N–H and O–H groups in total. The third-order valence-electron chi connectivity index (χ3n) is 4.28. The van der Waals surface area contributed by atoms with Crippen molar-refractivity contribution >= 4 is 27.5 Å². The minimum Gasteiger partial charge on any atom is -0.465 e. The highest BCUT2D eigenvalue weighted by atomic mass is 79.9. The maximum atomic E-state index is 12.1. The summed E-state index contributed by atoms with van der Waals surface area (Å²) in [5, 5.41) is 3.11. The Balaban J connectivity index is 2.13. The number of fused-ring (bicyclic) bond motifs is 1. The molecule has 0 amide bonds. The largest absolute Gasteiger partial charge is 0.465 e. The Bertz CT molecular complexity index is 588. The Morgan fingerprint density at radius 2 is 2.10 bits per heavy atom. The summed E-state index contributed by atoms with van der Waals surface area (Å²) in [7, 11) is 3.06. The fraction of sp³-hybridized carbons (Fsp3) is 0.533. The van der Waals surface area contributed by atoms with Crippen molar-refractivity contribution in [3.05, 3.63) is 28.1 Å². The van der Waals surface area contributed by atoms with E-state index in [0.29, 0.717) is 11.6 Å². The molecule has 0 aromatic carbocycles. The van der Waals surface area contributed by atoms with E-state index in [9.17, 15) is 4.79 Å². The van der Waals surface area contributed by atoms with Gasteiger partial charge in [0.05, 0.1) is 18.4 Å². The Hall–Kier alpha value is -1.27. The number of aromatic nitrogens is 1. The number of carbonyl (C=O) groups excluding carboxylic acids is 1. The SMILES string of the molecule is COC(=O)C1=CNC(OC)c2c(Br)cn(C3CCCC3)c21. The monoisotopic (exact) mass is 354 g/mol. The lowest BCUT2D eigenvalue weighted by Gasteiger charge is -2.26. The molecule has 6 heteroatoms. The maximum Gasteiger partial charge on any atom is 0.341 e. The fourth-order valence-corrected chi connectivity index (χ4v) is 3.89. The molecule has 1 aromatic rings. The number of hydrogen-bond donors (Lipinski definition) is 1. The van der Waals surface area contributed by atoms with Crippen LogP contribution in [-0.2, 0) is 14.3 Å². The topological polar surface area (TPSA) is 52.5 Å². The van der Waals surface area contributed by atoms with Crippen molar-refractivity contribution < 1.29 is 14.3 Å². The Kier molecular flexibility index (Phi) is 4.08. The molecule has 1 aliphatic carbocycles. The van der Waals surface area contributed by atoms with Gasteiger partial charge in [-0.15, -0.1) is 0 Å². The highest BCUT2D eigenvalue weighted by Crippen LogP contribution is 2.41. The van der Waals surface area contributed by atoms with Crippen molar-refractivity contribution in [1.82, 2.24) is 9.88 Å². The first kappa shape index (κ1) is 14.7. The average Bonchev–Trinajstić information content (AvgIpc) is 3.14. The number of rotatable bonds is 3. The predicted octanol–water partition coefficient (Wildman–Crippen LogP) is 3.13. The smallest absolute Gasteiger partial charge is 0.341 e. The molecule has 2 heterocycles. The number of methoxy groups -OCH3 is 2. The number of carbonyl (C=O) groups is 1. The third-order valence-corrected chi connectivity index (χ3v) is 4.91. The molecular weight excluding hydrogens is 336 g/mol. The normalized spacial score (nSPS) is 21.7. The summed E-state index contributed by atoms with van der Waals surface area (Å²) in [4.78, 5) is 12.1. The summed E-state index contributed by atoms with van der Waals surface area (Å²) in [6.07, 6.45) is 8.26. The Labute approximate surface area is 132 Å². The van der Waals surface area contributed by atoms with Crippen LogP contribution in [0.2, 0.25) is 0 Å². The molecular formula is C15H19BrN2O3. The van der Waals surface area contributed by atoms with Crippen molar-refractivity contribution in [2.75, 3.05) is 14.2 Å². The first-order valence-electron chi connectivity index (χ1n) is 7.15. The van der Waals surface area contributed by atoms with Gasteiger partial charge in [-0.2, -0.15) is 0 Å². The molecule has 1 fully saturated rings. The molecule has 0 saturated heterocycles. The van der Waals surface area contributed by atoms with E-state index in [0.717, 1.165) is 28.6 Å². The molecule has 5 nitrogen and oxygen atoms in total. The number of hydrogen-bond acceptors (Lipinski definition) is 4. The Morgan fingerprint density at radius 3 is 2.71 bits per heavy atom. The fourth-order valence-electron chi connectivity index (χ4n) is 3.27. The van der Waals surface area contributed by atoms with Gasteiger partial charge in [0.25, 0.3) is 0 Å². The van der Waals surface area contributed by atoms with Crippen LogP contribution in [0.1, 0.15) is 49.2 Å². The molecule has 0 radical (unpaired) electrons. The van der Waals surface area contributed by atoms with Crippen LogP contribution in [0, 0.1) is 0 Å². The molecule has 1 atom stereocenters. The number of esters is 1. The van der Waals surface area contributed by atoms with Crippen LogP contribution in [0.5, 0.6) is 0 Å². The van der Waals surface area contributed by atoms with Gasteiger partial charge in [0, 0.05) is 35.6 Å². The first-order valence-corrected chi connectivity index (χ1v) is 7.94. The lowest BCUT2D eigenvalue weighted by atomic mass is 10.0. The van der Waals surface area contributed by atoms with Crippen LogP contribution >= 0.6 is 15.9 Å². The zero-order chi connectivity index (χ0) is 15.0. The average molecular weight is 355 g/mol. The summed E-state index contributed by atoms with van der Waals surface area (Å²) in [6.45, 7) is 0. The van der Waals surface area contributed by atoms with Crippen LogP contribution < -0.4 is 5.32 Å². The zero-order valence-corrected chi connectivity index (χ0v) is 13.8. The van der Waals surface area contributed by atoms with Gasteiger partial charge in [-0.05, 0) is 28.8 Å². The van der Waals surface area contributed by atoms with Crippen molar-refractivity contribution in [2.24, 2.45) is 0 Å². The van der Waals surface area contributed by atoms with E-state index in [1.165, 1.54) is 20.0 Å². The zero-order valence-electron chi connectivity index (χ0n) is 12.2. The predicted molar refractivity (Wildman–Crippen MR) is 82.5 cm³/mol. The molecule has 1 unspecified atom stereocenters. The van der Waals surface area contributed by atoms with Crippen LogP contribution in [0.4, 0.5) is 0 Å². The molecule has 21 heavy (non-hydrogen) atoms. The van der Waals surface area contributed by atoms with Crippen LogP contribution in [0.3, 0.4) is 0 Å². The van der Waals surface area contributed by atoms with Gasteiger partial charge in [0.2, 0.25) is 0 Å². The third kappa shape index (κ3) is 2.40. The first-order chi connectivity index (χ1) is 10.2. The summed E-state index contributed by atoms with van der Waals surface area (Å²) >= 11 is 3.61. The van der Waals surface area contributed by atoms with E-state index in [1.807, 2.05) is 0 Å². The minimum absolute atomic E-state index is 0.259. The van der Waals surface area contributed by atoms with Crippen LogP contribution in [-0.4, -0.2) is 24.8 Å². The van der Waals surface area contributed by atoms with Gasteiger partial charge in [-0.25, -0.2) is 4.79 Å². The van der Waals surface area contributed by atoms with E-state index in [1.54, 1.807) is 13.3 Å². The van der Waals surface area contributed by atoms with Gasteiger partial charge >= 0.3 is 5.97 Å². The molecule has 1 saturated carbocycles. The van der Waals surface area contributed by atoms with Crippen molar-refractivity contribution in [2.45, 2.75) is 38.0 Å². The van der Waals surface area contributed by atoms with Gasteiger partial charge in [-0.1, -0.05) is 12.8 Å². The second kappa shape index (κ2) is 5.85. The highest BCUT2D eigenvalue weighted by molar-refractivity contribution is 9.10. The highest BCUT2D eigenvalue weighted by Gasteiger charge is 2.33.